The van der Waals surface area contributed by atoms with Gasteiger partial charge in [0.25, 0.3) is 0 Å². The van der Waals surface area contributed by atoms with E-state index in [1.54, 1.807) is 0 Å². The van der Waals surface area contributed by atoms with E-state index in [2.05, 4.69) is 41.6 Å². The average Bonchev–Trinajstić information content (AvgIpc) is 2.58. The molecule has 2 heterocycles. The van der Waals surface area contributed by atoms with E-state index in [1.165, 1.54) is 17.8 Å². The highest BCUT2D eigenvalue weighted by Gasteiger charge is 2.23. The SMILES string of the molecule is CC1(C)CN(Cc2cccs2)CCCN1. The van der Waals surface area contributed by atoms with Gasteiger partial charge in [-0.1, -0.05) is 6.07 Å². The summed E-state index contributed by atoms with van der Waals surface area (Å²) < 4.78 is 0. The van der Waals surface area contributed by atoms with Crippen molar-refractivity contribution in [1.29, 1.82) is 0 Å². The van der Waals surface area contributed by atoms with Crippen molar-refractivity contribution in [1.82, 2.24) is 10.2 Å². The van der Waals surface area contributed by atoms with Crippen molar-refractivity contribution in [2.24, 2.45) is 0 Å². The molecule has 0 unspecified atom stereocenters. The molecule has 3 heteroatoms. The van der Waals surface area contributed by atoms with E-state index in [0.717, 1.165) is 19.6 Å². The molecule has 2 rings (SSSR count). The zero-order chi connectivity index (χ0) is 10.7. The predicted molar refractivity (Wildman–Crippen MR) is 66.3 cm³/mol. The van der Waals surface area contributed by atoms with Gasteiger partial charge in [-0.05, 0) is 44.8 Å². The predicted octanol–water partition coefficient (Wildman–Crippen LogP) is 2.32. The van der Waals surface area contributed by atoms with E-state index in [0.29, 0.717) is 0 Å². The summed E-state index contributed by atoms with van der Waals surface area (Å²) in [5.74, 6) is 0. The number of hydrogen-bond donors (Lipinski definition) is 1. The zero-order valence-corrected chi connectivity index (χ0v) is 10.4. The molecule has 1 fully saturated rings. The van der Waals surface area contributed by atoms with Gasteiger partial charge in [0.15, 0.2) is 0 Å². The molecule has 1 aromatic rings. The number of nitrogens with zero attached hydrogens (tertiary/aromatic N) is 1. The Morgan fingerprint density at radius 3 is 3.13 bits per heavy atom. The monoisotopic (exact) mass is 224 g/mol. The van der Waals surface area contributed by atoms with Gasteiger partial charge in [-0.25, -0.2) is 0 Å². The van der Waals surface area contributed by atoms with Gasteiger partial charge in [0.05, 0.1) is 0 Å². The van der Waals surface area contributed by atoms with Crippen molar-refractivity contribution in [3.8, 4) is 0 Å². The molecule has 1 aliphatic rings. The molecule has 1 aliphatic heterocycles. The third kappa shape index (κ3) is 3.30. The summed E-state index contributed by atoms with van der Waals surface area (Å²) in [7, 11) is 0. The normalized spacial score (nSPS) is 22.5. The molecule has 15 heavy (non-hydrogen) atoms. The molecule has 0 spiro atoms. The van der Waals surface area contributed by atoms with Crippen LogP contribution >= 0.6 is 11.3 Å². The summed E-state index contributed by atoms with van der Waals surface area (Å²) in [6.45, 7) is 9.20. The maximum atomic E-state index is 3.59. The summed E-state index contributed by atoms with van der Waals surface area (Å²) >= 11 is 1.86. The molecule has 0 amide bonds. The molecule has 0 bridgehead atoms. The fourth-order valence-corrected chi connectivity index (χ4v) is 2.93. The first kappa shape index (κ1) is 11.1. The van der Waals surface area contributed by atoms with Crippen LogP contribution in [0.25, 0.3) is 0 Å². The van der Waals surface area contributed by atoms with E-state index in [-0.39, 0.29) is 5.54 Å². The third-order valence-corrected chi connectivity index (χ3v) is 3.69. The fourth-order valence-electron chi connectivity index (χ4n) is 2.18. The zero-order valence-electron chi connectivity index (χ0n) is 9.62. The second-order valence-corrected chi connectivity index (χ2v) is 5.99. The Balaban J connectivity index is 1.96. The summed E-state index contributed by atoms with van der Waals surface area (Å²) in [5.41, 5.74) is 0.258. The van der Waals surface area contributed by atoms with E-state index in [9.17, 15) is 0 Å². The van der Waals surface area contributed by atoms with Crippen molar-refractivity contribution in [3.05, 3.63) is 22.4 Å². The van der Waals surface area contributed by atoms with E-state index in [1.807, 2.05) is 11.3 Å². The highest BCUT2D eigenvalue weighted by atomic mass is 32.1. The number of hydrogen-bond acceptors (Lipinski definition) is 3. The van der Waals surface area contributed by atoms with Crippen molar-refractivity contribution >= 4 is 11.3 Å². The first-order chi connectivity index (χ1) is 7.16. The molecule has 2 nitrogen and oxygen atoms in total. The van der Waals surface area contributed by atoms with Gasteiger partial charge < -0.3 is 5.32 Å². The van der Waals surface area contributed by atoms with Crippen LogP contribution in [0.2, 0.25) is 0 Å². The smallest absolute Gasteiger partial charge is 0.0328 e. The van der Waals surface area contributed by atoms with Crippen LogP contribution in [0, 0.1) is 0 Å². The second kappa shape index (κ2) is 4.64. The minimum Gasteiger partial charge on any atom is -0.310 e. The lowest BCUT2D eigenvalue weighted by molar-refractivity contribution is 0.225. The lowest BCUT2D eigenvalue weighted by atomic mass is 10.1. The molecule has 0 radical (unpaired) electrons. The van der Waals surface area contributed by atoms with Crippen molar-refractivity contribution in [2.45, 2.75) is 32.4 Å². The van der Waals surface area contributed by atoms with Gasteiger partial charge in [-0.3, -0.25) is 4.90 Å². The number of thiophene rings is 1. The summed E-state index contributed by atoms with van der Waals surface area (Å²) in [6, 6.07) is 4.37. The topological polar surface area (TPSA) is 15.3 Å². The minimum atomic E-state index is 0.258. The van der Waals surface area contributed by atoms with Crippen LogP contribution in [-0.4, -0.2) is 30.1 Å². The van der Waals surface area contributed by atoms with E-state index in [4.69, 9.17) is 0 Å². The number of nitrogens with one attached hydrogen (secondary N) is 1. The van der Waals surface area contributed by atoms with Crippen LogP contribution in [0.5, 0.6) is 0 Å². The molecule has 84 valence electrons. The lowest BCUT2D eigenvalue weighted by Crippen LogP contribution is -2.46. The summed E-state index contributed by atoms with van der Waals surface area (Å²) in [6.07, 6.45) is 1.26. The first-order valence-corrected chi connectivity index (χ1v) is 6.53. The maximum Gasteiger partial charge on any atom is 0.0328 e. The Labute approximate surface area is 96.3 Å². The third-order valence-electron chi connectivity index (χ3n) is 2.83. The molecular weight excluding hydrogens is 204 g/mol. The lowest BCUT2D eigenvalue weighted by Gasteiger charge is -2.29. The van der Waals surface area contributed by atoms with E-state index >= 15 is 0 Å². The van der Waals surface area contributed by atoms with Crippen LogP contribution < -0.4 is 5.32 Å². The van der Waals surface area contributed by atoms with Gasteiger partial charge in [0.2, 0.25) is 0 Å². The van der Waals surface area contributed by atoms with Crippen LogP contribution in [0.3, 0.4) is 0 Å². The van der Waals surface area contributed by atoms with Crippen molar-refractivity contribution in [3.63, 3.8) is 0 Å². The molecule has 1 saturated heterocycles. The van der Waals surface area contributed by atoms with E-state index < -0.39 is 0 Å². The Morgan fingerprint density at radius 1 is 1.53 bits per heavy atom. The standard InChI is InChI=1S/C12H20N2S/c1-12(2)10-14(7-4-6-13-12)9-11-5-3-8-15-11/h3,5,8,13H,4,6-7,9-10H2,1-2H3. The highest BCUT2D eigenvalue weighted by Crippen LogP contribution is 2.16. The Hall–Kier alpha value is -0.380. The van der Waals surface area contributed by atoms with Crippen LogP contribution in [0.4, 0.5) is 0 Å². The Bertz CT molecular complexity index is 293. The molecular formula is C12H20N2S. The van der Waals surface area contributed by atoms with Crippen LogP contribution in [0.1, 0.15) is 25.1 Å². The van der Waals surface area contributed by atoms with Crippen molar-refractivity contribution < 1.29 is 0 Å². The fraction of sp³-hybridized carbons (Fsp3) is 0.667. The van der Waals surface area contributed by atoms with Gasteiger partial charge >= 0.3 is 0 Å². The second-order valence-electron chi connectivity index (χ2n) is 4.95. The average molecular weight is 224 g/mol. The Morgan fingerprint density at radius 2 is 2.40 bits per heavy atom. The quantitative estimate of drug-likeness (QED) is 0.829. The Kier molecular flexibility index (Phi) is 3.44. The first-order valence-electron chi connectivity index (χ1n) is 5.65. The van der Waals surface area contributed by atoms with Crippen molar-refractivity contribution in [2.75, 3.05) is 19.6 Å². The molecule has 0 atom stereocenters. The van der Waals surface area contributed by atoms with Crippen LogP contribution in [0.15, 0.2) is 17.5 Å². The van der Waals surface area contributed by atoms with Gasteiger partial charge in [-0.2, -0.15) is 0 Å². The highest BCUT2D eigenvalue weighted by molar-refractivity contribution is 7.09. The maximum absolute atomic E-state index is 3.59. The molecule has 0 saturated carbocycles. The molecule has 1 aromatic heterocycles. The molecule has 0 aliphatic carbocycles. The number of rotatable bonds is 2. The molecule has 1 N–H and O–H groups in total. The largest absolute Gasteiger partial charge is 0.310 e. The van der Waals surface area contributed by atoms with Gasteiger partial charge in [-0.15, -0.1) is 11.3 Å². The summed E-state index contributed by atoms with van der Waals surface area (Å²) in [4.78, 5) is 4.04. The molecule has 0 aromatic carbocycles. The minimum absolute atomic E-state index is 0.258. The summed E-state index contributed by atoms with van der Waals surface area (Å²) in [5, 5.41) is 5.76. The van der Waals surface area contributed by atoms with Gasteiger partial charge in [0, 0.05) is 23.5 Å². The van der Waals surface area contributed by atoms with Gasteiger partial charge in [0.1, 0.15) is 0 Å². The van der Waals surface area contributed by atoms with Crippen LogP contribution in [-0.2, 0) is 6.54 Å².